The quantitative estimate of drug-likeness (QED) is 0.841. The van der Waals surface area contributed by atoms with Crippen LogP contribution in [0.2, 0.25) is 0 Å². The van der Waals surface area contributed by atoms with Gasteiger partial charge >= 0.3 is 0 Å². The molecule has 1 aromatic rings. The predicted octanol–water partition coefficient (Wildman–Crippen LogP) is 2.50. The maximum Gasteiger partial charge on any atom is 0.261 e. The van der Waals surface area contributed by atoms with Crippen molar-refractivity contribution in [2.24, 2.45) is 16.7 Å². The second-order valence-electron chi connectivity index (χ2n) is 6.33. The van der Waals surface area contributed by atoms with Crippen LogP contribution in [0.1, 0.15) is 42.2 Å². The van der Waals surface area contributed by atoms with Crippen molar-refractivity contribution in [2.75, 3.05) is 13.2 Å². The molecule has 20 heavy (non-hydrogen) atoms. The monoisotopic (exact) mass is 291 g/mol. The minimum atomic E-state index is -0.161. The third kappa shape index (κ3) is 2.61. The number of aliphatic hydroxyl groups excluding tert-OH is 1. The fourth-order valence-electron chi connectivity index (χ4n) is 2.78. The molecule has 0 bridgehead atoms. The Morgan fingerprint density at radius 3 is 2.55 bits per heavy atom. The van der Waals surface area contributed by atoms with E-state index >= 15 is 0 Å². The Bertz CT molecular complexity index is 561. The molecule has 0 radical (unpaired) electrons. The first-order valence-corrected chi connectivity index (χ1v) is 7.60. The van der Waals surface area contributed by atoms with Crippen molar-refractivity contribution in [3.63, 3.8) is 0 Å². The average Bonchev–Trinajstić information content (AvgIpc) is 2.76. The van der Waals surface area contributed by atoms with Crippen LogP contribution >= 0.6 is 11.3 Å². The number of thiophene rings is 1. The minimum absolute atomic E-state index is 0.0365. The van der Waals surface area contributed by atoms with Crippen LogP contribution in [-0.2, 0) is 0 Å². The minimum Gasteiger partial charge on any atom is -0.384 e. The van der Waals surface area contributed by atoms with Crippen LogP contribution in [0.15, 0.2) is 12.1 Å². The molecule has 0 spiro atoms. The average molecular weight is 291 g/mol. The smallest absolute Gasteiger partial charge is 0.261 e. The van der Waals surface area contributed by atoms with Crippen LogP contribution in [0.4, 0.5) is 0 Å². The van der Waals surface area contributed by atoms with E-state index in [9.17, 15) is 4.79 Å². The standard InChI is InChI=1S/C16H21NO2S/c1-15(2)13(16(15,3)4)10-17-14(19)12-8-7-11(20-12)6-5-9-18/h7-8,13,18H,9-10H2,1-4H3,(H,17,19). The Balaban J connectivity index is 1.92. The van der Waals surface area contributed by atoms with E-state index in [1.807, 2.05) is 6.07 Å². The number of aliphatic hydroxyl groups is 1. The number of amides is 1. The van der Waals surface area contributed by atoms with Crippen molar-refractivity contribution in [1.82, 2.24) is 5.32 Å². The van der Waals surface area contributed by atoms with Gasteiger partial charge in [0.05, 0.1) is 9.75 Å². The maximum atomic E-state index is 12.1. The van der Waals surface area contributed by atoms with Gasteiger partial charge in [-0.1, -0.05) is 39.5 Å². The molecule has 2 N–H and O–H groups in total. The van der Waals surface area contributed by atoms with Crippen molar-refractivity contribution < 1.29 is 9.90 Å². The SMILES string of the molecule is CC1(C)C(CNC(=O)c2ccc(C#CCO)s2)C1(C)C. The molecule has 1 amide bonds. The summed E-state index contributed by atoms with van der Waals surface area (Å²) in [5.41, 5.74) is 0.570. The first kappa shape index (κ1) is 15.1. The second-order valence-corrected chi connectivity index (χ2v) is 7.41. The van der Waals surface area contributed by atoms with Gasteiger partial charge < -0.3 is 10.4 Å². The highest BCUT2D eigenvalue weighted by Crippen LogP contribution is 2.67. The summed E-state index contributed by atoms with van der Waals surface area (Å²) in [4.78, 5) is 13.6. The zero-order valence-corrected chi connectivity index (χ0v) is 13.2. The highest BCUT2D eigenvalue weighted by atomic mass is 32.1. The Hall–Kier alpha value is -1.31. The third-order valence-electron chi connectivity index (χ3n) is 4.91. The van der Waals surface area contributed by atoms with Crippen LogP contribution in [-0.4, -0.2) is 24.2 Å². The van der Waals surface area contributed by atoms with Gasteiger partial charge in [-0.25, -0.2) is 0 Å². The normalized spacial score (nSPS) is 19.1. The topological polar surface area (TPSA) is 49.3 Å². The lowest BCUT2D eigenvalue weighted by molar-refractivity contribution is 0.0954. The van der Waals surface area contributed by atoms with Gasteiger partial charge in [-0.3, -0.25) is 4.79 Å². The lowest BCUT2D eigenvalue weighted by Gasteiger charge is -2.04. The van der Waals surface area contributed by atoms with Gasteiger partial charge in [-0.2, -0.15) is 0 Å². The maximum absolute atomic E-state index is 12.1. The van der Waals surface area contributed by atoms with Crippen LogP contribution in [0.25, 0.3) is 0 Å². The largest absolute Gasteiger partial charge is 0.384 e. The lowest BCUT2D eigenvalue weighted by Crippen LogP contribution is -2.26. The molecule has 0 atom stereocenters. The van der Waals surface area contributed by atoms with Crippen LogP contribution in [0.5, 0.6) is 0 Å². The molecular weight excluding hydrogens is 270 g/mol. The molecule has 1 fully saturated rings. The van der Waals surface area contributed by atoms with Gasteiger partial charge in [-0.05, 0) is 28.9 Å². The van der Waals surface area contributed by atoms with Crippen molar-refractivity contribution in [2.45, 2.75) is 27.7 Å². The van der Waals surface area contributed by atoms with Crippen molar-refractivity contribution in [3.8, 4) is 11.8 Å². The summed E-state index contributed by atoms with van der Waals surface area (Å²) in [6.07, 6.45) is 0. The summed E-state index contributed by atoms with van der Waals surface area (Å²) < 4.78 is 0. The fraction of sp³-hybridized carbons (Fsp3) is 0.562. The zero-order valence-electron chi connectivity index (χ0n) is 12.4. The fourth-order valence-corrected chi connectivity index (χ4v) is 3.58. The number of rotatable bonds is 3. The number of carbonyl (C=O) groups excluding carboxylic acids is 1. The number of hydrogen-bond acceptors (Lipinski definition) is 3. The molecule has 1 aliphatic carbocycles. The van der Waals surface area contributed by atoms with Crippen LogP contribution < -0.4 is 5.32 Å². The molecule has 108 valence electrons. The zero-order chi connectivity index (χ0) is 15.0. The molecule has 1 heterocycles. The van der Waals surface area contributed by atoms with Crippen molar-refractivity contribution >= 4 is 17.2 Å². The lowest BCUT2D eigenvalue weighted by atomic mass is 10.0. The highest BCUT2D eigenvalue weighted by molar-refractivity contribution is 7.14. The first-order valence-electron chi connectivity index (χ1n) is 6.78. The van der Waals surface area contributed by atoms with Gasteiger partial charge in [0.15, 0.2) is 0 Å². The van der Waals surface area contributed by atoms with E-state index < -0.39 is 0 Å². The van der Waals surface area contributed by atoms with Crippen LogP contribution in [0, 0.1) is 28.6 Å². The van der Waals surface area contributed by atoms with Crippen molar-refractivity contribution in [1.29, 1.82) is 0 Å². The van der Waals surface area contributed by atoms with Gasteiger partial charge in [0, 0.05) is 6.54 Å². The molecular formula is C16H21NO2S. The van der Waals surface area contributed by atoms with Crippen LogP contribution in [0.3, 0.4) is 0 Å². The molecule has 1 aliphatic rings. The van der Waals surface area contributed by atoms with Gasteiger partial charge in [-0.15, -0.1) is 11.3 Å². The van der Waals surface area contributed by atoms with E-state index in [0.717, 1.165) is 4.88 Å². The number of hydrogen-bond donors (Lipinski definition) is 2. The van der Waals surface area contributed by atoms with Gasteiger partial charge in [0.1, 0.15) is 6.61 Å². The molecule has 1 saturated carbocycles. The first-order chi connectivity index (χ1) is 9.30. The summed E-state index contributed by atoms with van der Waals surface area (Å²) in [5.74, 6) is 5.88. The molecule has 4 heteroatoms. The molecule has 3 nitrogen and oxygen atoms in total. The van der Waals surface area contributed by atoms with Crippen molar-refractivity contribution in [3.05, 3.63) is 21.9 Å². The summed E-state index contributed by atoms with van der Waals surface area (Å²) in [6.45, 7) is 9.55. The highest BCUT2D eigenvalue weighted by Gasteiger charge is 2.64. The summed E-state index contributed by atoms with van der Waals surface area (Å²) in [7, 11) is 0. The molecule has 2 rings (SSSR count). The van der Waals surface area contributed by atoms with E-state index in [-0.39, 0.29) is 23.3 Å². The van der Waals surface area contributed by atoms with E-state index in [0.29, 0.717) is 17.3 Å². The number of nitrogens with one attached hydrogen (secondary N) is 1. The van der Waals surface area contributed by atoms with Gasteiger partial charge in [0.2, 0.25) is 0 Å². The summed E-state index contributed by atoms with van der Waals surface area (Å²) in [6, 6.07) is 3.60. The third-order valence-corrected chi connectivity index (χ3v) is 5.91. The molecule has 1 aromatic heterocycles. The molecule has 0 saturated heterocycles. The Morgan fingerprint density at radius 1 is 1.35 bits per heavy atom. The summed E-state index contributed by atoms with van der Waals surface area (Å²) >= 11 is 1.36. The Morgan fingerprint density at radius 2 is 2.00 bits per heavy atom. The molecule has 0 aromatic carbocycles. The predicted molar refractivity (Wildman–Crippen MR) is 81.7 cm³/mol. The van der Waals surface area contributed by atoms with E-state index in [1.54, 1.807) is 6.07 Å². The Kier molecular flexibility index (Phi) is 3.95. The van der Waals surface area contributed by atoms with E-state index in [2.05, 4.69) is 44.9 Å². The van der Waals surface area contributed by atoms with Gasteiger partial charge in [0.25, 0.3) is 5.91 Å². The molecule has 0 unspecified atom stereocenters. The number of carbonyl (C=O) groups is 1. The van der Waals surface area contributed by atoms with E-state index in [1.165, 1.54) is 11.3 Å². The molecule has 0 aliphatic heterocycles. The Labute approximate surface area is 124 Å². The summed E-state index contributed by atoms with van der Waals surface area (Å²) in [5, 5.41) is 11.7. The van der Waals surface area contributed by atoms with E-state index in [4.69, 9.17) is 5.11 Å². The second kappa shape index (κ2) is 5.23.